The monoisotopic (exact) mass is 190 g/mol. The summed E-state index contributed by atoms with van der Waals surface area (Å²) in [6, 6.07) is 4.10. The van der Waals surface area contributed by atoms with E-state index in [1.165, 1.54) is 11.1 Å². The average molecular weight is 190 g/mol. The van der Waals surface area contributed by atoms with Crippen LogP contribution < -0.4 is 9.47 Å². The second-order valence-electron chi connectivity index (χ2n) is 3.35. The van der Waals surface area contributed by atoms with Gasteiger partial charge in [0.05, 0.1) is 14.2 Å². The Hall–Kier alpha value is -1.44. The molecule has 74 valence electrons. The van der Waals surface area contributed by atoms with Crippen molar-refractivity contribution < 1.29 is 9.47 Å². The first-order valence-corrected chi connectivity index (χ1v) is 4.76. The summed E-state index contributed by atoms with van der Waals surface area (Å²) in [7, 11) is 3.33. The first-order chi connectivity index (χ1) is 6.85. The highest BCUT2D eigenvalue weighted by Gasteiger charge is 2.10. The minimum Gasteiger partial charge on any atom is -0.493 e. The van der Waals surface area contributed by atoms with Gasteiger partial charge in [-0.15, -0.1) is 0 Å². The van der Waals surface area contributed by atoms with E-state index in [1.54, 1.807) is 14.2 Å². The van der Waals surface area contributed by atoms with E-state index in [4.69, 9.17) is 9.47 Å². The third-order valence-corrected chi connectivity index (χ3v) is 2.52. The van der Waals surface area contributed by atoms with Crippen LogP contribution in [0.25, 0.3) is 6.08 Å². The van der Waals surface area contributed by atoms with Crippen LogP contribution in [0.2, 0.25) is 0 Å². The fourth-order valence-corrected chi connectivity index (χ4v) is 1.76. The van der Waals surface area contributed by atoms with E-state index in [0.717, 1.165) is 24.3 Å². The van der Waals surface area contributed by atoms with Crippen LogP contribution in [0, 0.1) is 0 Å². The summed E-state index contributed by atoms with van der Waals surface area (Å²) in [4.78, 5) is 0. The summed E-state index contributed by atoms with van der Waals surface area (Å²) in [5, 5.41) is 0. The lowest BCUT2D eigenvalue weighted by Crippen LogP contribution is -1.98. The van der Waals surface area contributed by atoms with Crippen molar-refractivity contribution in [2.75, 3.05) is 14.2 Å². The van der Waals surface area contributed by atoms with Crippen LogP contribution >= 0.6 is 0 Å². The van der Waals surface area contributed by atoms with Gasteiger partial charge in [0.15, 0.2) is 11.5 Å². The Labute approximate surface area is 84.2 Å². The Bertz CT molecular complexity index is 367. The second-order valence-corrected chi connectivity index (χ2v) is 3.35. The molecule has 1 aliphatic carbocycles. The van der Waals surface area contributed by atoms with E-state index in [2.05, 4.69) is 18.2 Å². The topological polar surface area (TPSA) is 18.5 Å². The maximum absolute atomic E-state index is 5.25. The molecule has 0 heterocycles. The predicted molar refractivity (Wildman–Crippen MR) is 56.9 cm³/mol. The fraction of sp³-hybridized carbons (Fsp3) is 0.333. The van der Waals surface area contributed by atoms with Gasteiger partial charge in [-0.3, -0.25) is 0 Å². The van der Waals surface area contributed by atoms with Crippen molar-refractivity contribution in [1.82, 2.24) is 0 Å². The van der Waals surface area contributed by atoms with Gasteiger partial charge in [-0.2, -0.15) is 0 Å². The van der Waals surface area contributed by atoms with Gasteiger partial charge < -0.3 is 9.47 Å². The Kier molecular flexibility index (Phi) is 2.44. The van der Waals surface area contributed by atoms with Crippen molar-refractivity contribution in [3.8, 4) is 11.5 Å². The SMILES string of the molecule is COc1cc2c(cc1OC)CCC=C2. The quantitative estimate of drug-likeness (QED) is 0.713. The average Bonchev–Trinajstić information content (AvgIpc) is 2.27. The summed E-state index contributed by atoms with van der Waals surface area (Å²) in [6.07, 6.45) is 6.53. The van der Waals surface area contributed by atoms with Gasteiger partial charge in [-0.05, 0) is 36.1 Å². The van der Waals surface area contributed by atoms with Crippen molar-refractivity contribution >= 4 is 6.08 Å². The van der Waals surface area contributed by atoms with Gasteiger partial charge in [-0.25, -0.2) is 0 Å². The molecule has 0 aromatic heterocycles. The molecule has 14 heavy (non-hydrogen) atoms. The highest BCUT2D eigenvalue weighted by molar-refractivity contribution is 5.62. The zero-order valence-electron chi connectivity index (χ0n) is 8.54. The Morgan fingerprint density at radius 1 is 1.07 bits per heavy atom. The number of hydrogen-bond acceptors (Lipinski definition) is 2. The maximum atomic E-state index is 5.25. The third-order valence-electron chi connectivity index (χ3n) is 2.52. The normalized spacial score (nSPS) is 13.6. The van der Waals surface area contributed by atoms with Crippen LogP contribution in [-0.2, 0) is 6.42 Å². The number of allylic oxidation sites excluding steroid dienone is 1. The van der Waals surface area contributed by atoms with Crippen LogP contribution in [0.5, 0.6) is 11.5 Å². The standard InChI is InChI=1S/C12H14O2/c1-13-11-7-9-5-3-4-6-10(9)8-12(11)14-2/h3,5,7-8H,4,6H2,1-2H3. The molecule has 0 unspecified atom stereocenters. The number of aryl methyl sites for hydroxylation is 1. The van der Waals surface area contributed by atoms with Crippen molar-refractivity contribution in [3.63, 3.8) is 0 Å². The first-order valence-electron chi connectivity index (χ1n) is 4.76. The predicted octanol–water partition coefficient (Wildman–Crippen LogP) is 2.66. The van der Waals surface area contributed by atoms with Crippen LogP contribution in [-0.4, -0.2) is 14.2 Å². The molecule has 2 rings (SSSR count). The van der Waals surface area contributed by atoms with Crippen LogP contribution in [0.4, 0.5) is 0 Å². The molecule has 2 heteroatoms. The molecule has 1 aromatic carbocycles. The molecule has 0 atom stereocenters. The van der Waals surface area contributed by atoms with E-state index in [9.17, 15) is 0 Å². The number of hydrogen-bond donors (Lipinski definition) is 0. The Balaban J connectivity index is 2.50. The lowest BCUT2D eigenvalue weighted by atomic mass is 9.97. The van der Waals surface area contributed by atoms with Crippen molar-refractivity contribution in [3.05, 3.63) is 29.3 Å². The molecular formula is C12H14O2. The fourth-order valence-electron chi connectivity index (χ4n) is 1.76. The van der Waals surface area contributed by atoms with Gasteiger partial charge in [0.1, 0.15) is 0 Å². The molecule has 0 saturated heterocycles. The summed E-state index contributed by atoms with van der Waals surface area (Å²) >= 11 is 0. The summed E-state index contributed by atoms with van der Waals surface area (Å²) < 4.78 is 10.5. The molecule has 0 amide bonds. The molecule has 0 saturated carbocycles. The van der Waals surface area contributed by atoms with E-state index in [1.807, 2.05) is 6.07 Å². The first kappa shape index (κ1) is 9.13. The highest BCUT2D eigenvalue weighted by Crippen LogP contribution is 2.33. The summed E-state index contributed by atoms with van der Waals surface area (Å²) in [5.41, 5.74) is 2.58. The van der Waals surface area contributed by atoms with E-state index < -0.39 is 0 Å². The number of fused-ring (bicyclic) bond motifs is 1. The summed E-state index contributed by atoms with van der Waals surface area (Å²) in [5.74, 6) is 1.62. The van der Waals surface area contributed by atoms with E-state index in [-0.39, 0.29) is 0 Å². The number of rotatable bonds is 2. The molecule has 0 bridgehead atoms. The molecule has 0 spiro atoms. The van der Waals surface area contributed by atoms with Gasteiger partial charge >= 0.3 is 0 Å². The smallest absolute Gasteiger partial charge is 0.161 e. The van der Waals surface area contributed by atoms with Crippen LogP contribution in [0.1, 0.15) is 17.5 Å². The van der Waals surface area contributed by atoms with Crippen LogP contribution in [0.15, 0.2) is 18.2 Å². The van der Waals surface area contributed by atoms with Gasteiger partial charge in [0.25, 0.3) is 0 Å². The second kappa shape index (κ2) is 3.74. The molecule has 2 nitrogen and oxygen atoms in total. The summed E-state index contributed by atoms with van der Waals surface area (Å²) in [6.45, 7) is 0. The lowest BCUT2D eigenvalue weighted by Gasteiger charge is -2.14. The Morgan fingerprint density at radius 3 is 2.50 bits per heavy atom. The number of benzene rings is 1. The largest absolute Gasteiger partial charge is 0.493 e. The molecular weight excluding hydrogens is 176 g/mol. The van der Waals surface area contributed by atoms with Crippen molar-refractivity contribution in [2.24, 2.45) is 0 Å². The molecule has 1 aromatic rings. The minimum atomic E-state index is 0.804. The molecule has 1 aliphatic rings. The Morgan fingerprint density at radius 2 is 1.79 bits per heavy atom. The van der Waals surface area contributed by atoms with Gasteiger partial charge in [0.2, 0.25) is 0 Å². The van der Waals surface area contributed by atoms with E-state index >= 15 is 0 Å². The van der Waals surface area contributed by atoms with Gasteiger partial charge in [-0.1, -0.05) is 12.2 Å². The third kappa shape index (κ3) is 1.48. The molecule has 0 radical (unpaired) electrons. The maximum Gasteiger partial charge on any atom is 0.161 e. The minimum absolute atomic E-state index is 0.804. The van der Waals surface area contributed by atoms with Crippen molar-refractivity contribution in [2.45, 2.75) is 12.8 Å². The zero-order chi connectivity index (χ0) is 9.97. The van der Waals surface area contributed by atoms with Crippen molar-refractivity contribution in [1.29, 1.82) is 0 Å². The lowest BCUT2D eigenvalue weighted by molar-refractivity contribution is 0.354. The molecule has 0 aliphatic heterocycles. The highest BCUT2D eigenvalue weighted by atomic mass is 16.5. The molecule has 0 N–H and O–H groups in total. The molecule has 0 fully saturated rings. The van der Waals surface area contributed by atoms with Gasteiger partial charge in [0, 0.05) is 0 Å². The zero-order valence-corrected chi connectivity index (χ0v) is 8.54. The number of ether oxygens (including phenoxy) is 2. The van der Waals surface area contributed by atoms with E-state index in [0.29, 0.717) is 0 Å². The van der Waals surface area contributed by atoms with Crippen LogP contribution in [0.3, 0.4) is 0 Å². The number of methoxy groups -OCH3 is 2.